The van der Waals surface area contributed by atoms with Gasteiger partial charge in [-0.15, -0.1) is 0 Å². The number of hydroxylamine groups is 1. The number of pyridine rings is 1. The average Bonchev–Trinajstić information content (AvgIpc) is 2.50. The number of carbonyl (C=O) groups is 1. The smallest absolute Gasteiger partial charge is 0.337 e. The normalized spacial score (nSPS) is 13.3. The van der Waals surface area contributed by atoms with Crippen LogP contribution >= 0.6 is 0 Å². The number of methoxy groups -OCH3 is 1. The second kappa shape index (κ2) is 7.41. The largest absolute Gasteiger partial charge is 0.497 e. The van der Waals surface area contributed by atoms with E-state index in [4.69, 9.17) is 9.57 Å². The molecular weight excluding hydrogens is 363 g/mol. The summed E-state index contributed by atoms with van der Waals surface area (Å²) in [5.74, 6) is 0.429. The van der Waals surface area contributed by atoms with Gasteiger partial charge in [-0.2, -0.15) is 5.06 Å². The van der Waals surface area contributed by atoms with E-state index in [0.29, 0.717) is 16.8 Å². The summed E-state index contributed by atoms with van der Waals surface area (Å²) in [5.41, 5.74) is -0.641. The van der Waals surface area contributed by atoms with E-state index < -0.39 is 23.9 Å². The maximum Gasteiger partial charge on any atom is 0.337 e. The van der Waals surface area contributed by atoms with Crippen molar-refractivity contribution in [1.29, 1.82) is 0 Å². The third kappa shape index (κ3) is 4.62. The van der Waals surface area contributed by atoms with E-state index in [1.165, 1.54) is 18.4 Å². The highest BCUT2D eigenvalue weighted by atomic mass is 28.4. The van der Waals surface area contributed by atoms with Crippen molar-refractivity contribution in [3.8, 4) is 5.75 Å². The lowest BCUT2D eigenvalue weighted by Gasteiger charge is -2.45. The molecule has 0 N–H and O–H groups in total. The van der Waals surface area contributed by atoms with Crippen LogP contribution in [0.1, 0.15) is 62.3 Å². The fraction of sp³-hybridized carbons (Fsp3) is 0.700. The van der Waals surface area contributed by atoms with Crippen LogP contribution in [0.2, 0.25) is 10.1 Å². The molecule has 0 unspecified atom stereocenters. The Kier molecular flexibility index (Phi) is 6.43. The van der Waals surface area contributed by atoms with Gasteiger partial charge >= 0.3 is 5.97 Å². The van der Waals surface area contributed by atoms with E-state index in [1.54, 1.807) is 33.9 Å². The van der Waals surface area contributed by atoms with Crippen LogP contribution in [0.25, 0.3) is 0 Å². The zero-order valence-corrected chi connectivity index (χ0v) is 19.7. The van der Waals surface area contributed by atoms with Gasteiger partial charge in [-0.25, -0.2) is 9.78 Å². The molecular formula is C20H35FN2O3Si. The summed E-state index contributed by atoms with van der Waals surface area (Å²) in [4.78, 5) is 21.8. The summed E-state index contributed by atoms with van der Waals surface area (Å²) in [6, 6.07) is 1.63. The topological polar surface area (TPSA) is 51.7 Å². The molecule has 0 amide bonds. The van der Waals surface area contributed by atoms with Crippen LogP contribution in [0, 0.1) is 5.41 Å². The number of rotatable bonds is 4. The van der Waals surface area contributed by atoms with Gasteiger partial charge in [0.1, 0.15) is 5.75 Å². The van der Waals surface area contributed by atoms with Gasteiger partial charge in [0.2, 0.25) is 0 Å². The van der Waals surface area contributed by atoms with Crippen LogP contribution in [-0.2, 0) is 9.63 Å². The van der Waals surface area contributed by atoms with Gasteiger partial charge in [0.05, 0.1) is 12.5 Å². The maximum absolute atomic E-state index is 16.6. The molecule has 0 aliphatic rings. The Balaban J connectivity index is 3.41. The Bertz CT molecular complexity index is 674. The van der Waals surface area contributed by atoms with Crippen molar-refractivity contribution in [2.45, 2.75) is 72.4 Å². The number of aromatic nitrogens is 1. The summed E-state index contributed by atoms with van der Waals surface area (Å²) >= 11 is 0. The summed E-state index contributed by atoms with van der Waals surface area (Å²) in [5, 5.41) is 0.707. The van der Waals surface area contributed by atoms with Gasteiger partial charge in [-0.3, -0.25) is 0 Å². The van der Waals surface area contributed by atoms with E-state index in [-0.39, 0.29) is 5.97 Å². The second-order valence-electron chi connectivity index (χ2n) is 10.0. The molecule has 0 aliphatic heterocycles. The minimum absolute atomic E-state index is 0.381. The van der Waals surface area contributed by atoms with Crippen molar-refractivity contribution < 1.29 is 18.5 Å². The number of halogens is 1. The van der Waals surface area contributed by atoms with Crippen LogP contribution in [-0.4, -0.2) is 33.5 Å². The number of hydrogen-bond donors (Lipinski definition) is 0. The lowest BCUT2D eigenvalue weighted by Crippen LogP contribution is -2.58. The number of hydrogen-bond acceptors (Lipinski definition) is 5. The minimum atomic E-state index is -3.53. The van der Waals surface area contributed by atoms with Crippen LogP contribution in [0.4, 0.5) is 9.93 Å². The van der Waals surface area contributed by atoms with Crippen molar-refractivity contribution in [2.24, 2.45) is 5.41 Å². The SMILES string of the molecule is COc1cc(N(C)OC(=O)C(C)(C)C)ncc1[Si](F)(C(C)(C)C)C(C)(C)C. The van der Waals surface area contributed by atoms with Crippen LogP contribution in [0.3, 0.4) is 0 Å². The highest BCUT2D eigenvalue weighted by molar-refractivity contribution is 6.91. The second-order valence-corrected chi connectivity index (χ2v) is 14.9. The summed E-state index contributed by atoms with van der Waals surface area (Å²) in [6.45, 7) is 16.9. The first kappa shape index (κ1) is 23.4. The van der Waals surface area contributed by atoms with Crippen molar-refractivity contribution in [3.63, 3.8) is 0 Å². The fourth-order valence-electron chi connectivity index (χ4n) is 3.27. The van der Waals surface area contributed by atoms with Gasteiger partial charge in [0, 0.05) is 24.5 Å². The number of nitrogens with zero attached hydrogens (tertiary/aromatic N) is 2. The zero-order valence-electron chi connectivity index (χ0n) is 18.7. The Morgan fingerprint density at radius 1 is 1.07 bits per heavy atom. The van der Waals surface area contributed by atoms with Crippen molar-refractivity contribution in [3.05, 3.63) is 12.3 Å². The maximum atomic E-state index is 16.6. The Morgan fingerprint density at radius 2 is 1.56 bits per heavy atom. The molecule has 1 aromatic rings. The first-order valence-corrected chi connectivity index (χ1v) is 11.0. The van der Waals surface area contributed by atoms with E-state index in [1.807, 2.05) is 41.5 Å². The molecule has 0 fully saturated rings. The molecule has 7 heteroatoms. The quantitative estimate of drug-likeness (QED) is 0.416. The zero-order chi connectivity index (χ0) is 21.4. The molecule has 5 nitrogen and oxygen atoms in total. The molecule has 0 spiro atoms. The molecule has 0 aromatic carbocycles. The molecule has 0 aliphatic carbocycles. The monoisotopic (exact) mass is 398 g/mol. The van der Waals surface area contributed by atoms with Crippen molar-refractivity contribution in [2.75, 3.05) is 19.2 Å². The summed E-state index contributed by atoms with van der Waals surface area (Å²) in [6.07, 6.45) is 1.54. The molecule has 154 valence electrons. The molecule has 0 atom stereocenters. The third-order valence-corrected chi connectivity index (χ3v) is 9.92. The fourth-order valence-corrected chi connectivity index (χ4v) is 7.89. The van der Waals surface area contributed by atoms with Crippen LogP contribution in [0.15, 0.2) is 12.3 Å². The minimum Gasteiger partial charge on any atom is -0.497 e. The highest BCUT2D eigenvalue weighted by Crippen LogP contribution is 2.52. The van der Waals surface area contributed by atoms with Gasteiger partial charge in [0.25, 0.3) is 8.41 Å². The molecule has 1 aromatic heterocycles. The first-order chi connectivity index (χ1) is 12.0. The lowest BCUT2D eigenvalue weighted by atomic mass is 9.98. The molecule has 0 saturated heterocycles. The Hall–Kier alpha value is -1.63. The van der Waals surface area contributed by atoms with Crippen LogP contribution < -0.4 is 15.0 Å². The van der Waals surface area contributed by atoms with Crippen LogP contribution in [0.5, 0.6) is 5.75 Å². The molecule has 1 heterocycles. The van der Waals surface area contributed by atoms with E-state index in [9.17, 15) is 4.79 Å². The van der Waals surface area contributed by atoms with Gasteiger partial charge in [-0.1, -0.05) is 41.5 Å². The van der Waals surface area contributed by atoms with E-state index in [0.717, 1.165) is 0 Å². The van der Waals surface area contributed by atoms with Gasteiger partial charge in [-0.05, 0) is 30.8 Å². The molecule has 0 saturated carbocycles. The molecule has 0 bridgehead atoms. The lowest BCUT2D eigenvalue weighted by molar-refractivity contribution is -0.153. The summed E-state index contributed by atoms with van der Waals surface area (Å²) < 4.78 is 22.1. The van der Waals surface area contributed by atoms with Gasteiger partial charge in [0.15, 0.2) is 5.82 Å². The molecule has 0 radical (unpaired) electrons. The summed E-state index contributed by atoms with van der Waals surface area (Å²) in [7, 11) is -0.414. The predicted molar refractivity (Wildman–Crippen MR) is 111 cm³/mol. The van der Waals surface area contributed by atoms with Gasteiger partial charge < -0.3 is 13.7 Å². The number of ether oxygens (including phenoxy) is 1. The van der Waals surface area contributed by atoms with Crippen molar-refractivity contribution in [1.82, 2.24) is 4.98 Å². The van der Waals surface area contributed by atoms with E-state index >= 15 is 4.11 Å². The molecule has 1 rings (SSSR count). The number of carbonyl (C=O) groups excluding carboxylic acids is 1. The predicted octanol–water partition coefficient (Wildman–Crippen LogP) is 4.75. The standard InChI is InChI=1S/C20H35FN2O3Si/c1-18(2,3)17(24)26-23(10)16-12-14(25-11)15(13-22-16)27(21,19(4,5)6)20(7,8)9/h12-13H,1-11H3. The Labute approximate surface area is 164 Å². The third-order valence-electron chi connectivity index (χ3n) is 4.66. The van der Waals surface area contributed by atoms with Crippen molar-refractivity contribution >= 4 is 25.4 Å². The number of anilines is 1. The highest BCUT2D eigenvalue weighted by Gasteiger charge is 2.58. The first-order valence-electron chi connectivity index (χ1n) is 9.16. The van der Waals surface area contributed by atoms with E-state index in [2.05, 4.69) is 4.98 Å². The average molecular weight is 399 g/mol. The molecule has 27 heavy (non-hydrogen) atoms. The Morgan fingerprint density at radius 3 is 1.93 bits per heavy atom.